The highest BCUT2D eigenvalue weighted by molar-refractivity contribution is 5.22. The molecule has 0 bridgehead atoms. The molecular formula is C16H24N2. The van der Waals surface area contributed by atoms with Crippen LogP contribution in [0.2, 0.25) is 0 Å². The van der Waals surface area contributed by atoms with Gasteiger partial charge in [-0.2, -0.15) is 5.26 Å². The zero-order valence-corrected chi connectivity index (χ0v) is 11.7. The van der Waals surface area contributed by atoms with Crippen LogP contribution in [0, 0.1) is 23.2 Å². The van der Waals surface area contributed by atoms with Crippen LogP contribution in [0.1, 0.15) is 38.3 Å². The third-order valence-electron chi connectivity index (χ3n) is 3.06. The van der Waals surface area contributed by atoms with Gasteiger partial charge in [0.2, 0.25) is 0 Å². The average molecular weight is 244 g/mol. The summed E-state index contributed by atoms with van der Waals surface area (Å²) in [5.41, 5.74) is 2.69. The molecule has 0 spiro atoms. The van der Waals surface area contributed by atoms with Gasteiger partial charge in [-0.3, -0.25) is 0 Å². The fraction of sp³-hybridized carbons (Fsp3) is 0.562. The van der Waals surface area contributed by atoms with Gasteiger partial charge in [-0.1, -0.05) is 45.0 Å². The van der Waals surface area contributed by atoms with Crippen molar-refractivity contribution >= 4 is 0 Å². The van der Waals surface area contributed by atoms with Crippen molar-refractivity contribution in [1.82, 2.24) is 5.32 Å². The molecule has 0 aliphatic heterocycles. The van der Waals surface area contributed by atoms with Crippen LogP contribution in [-0.4, -0.2) is 6.54 Å². The summed E-state index contributed by atoms with van der Waals surface area (Å²) >= 11 is 0. The lowest BCUT2D eigenvalue weighted by atomic mass is 10.0. The van der Waals surface area contributed by atoms with Crippen LogP contribution in [0.15, 0.2) is 24.3 Å². The summed E-state index contributed by atoms with van der Waals surface area (Å²) in [6, 6.07) is 11.1. The van der Waals surface area contributed by atoms with E-state index in [2.05, 4.69) is 56.4 Å². The van der Waals surface area contributed by atoms with Crippen LogP contribution in [-0.2, 0) is 13.0 Å². The monoisotopic (exact) mass is 244 g/mol. The van der Waals surface area contributed by atoms with Crippen molar-refractivity contribution in [3.63, 3.8) is 0 Å². The first kappa shape index (κ1) is 14.7. The largest absolute Gasteiger partial charge is 0.311 e. The lowest BCUT2D eigenvalue weighted by Gasteiger charge is -2.09. The molecule has 1 unspecified atom stereocenters. The van der Waals surface area contributed by atoms with Crippen molar-refractivity contribution in [2.45, 2.75) is 40.2 Å². The number of hydrogen-bond acceptors (Lipinski definition) is 2. The third-order valence-corrected chi connectivity index (χ3v) is 3.06. The van der Waals surface area contributed by atoms with E-state index >= 15 is 0 Å². The molecule has 0 saturated heterocycles. The Bertz CT molecular complexity index is 373. The van der Waals surface area contributed by atoms with Crippen molar-refractivity contribution < 1.29 is 0 Å². The van der Waals surface area contributed by atoms with Crippen LogP contribution < -0.4 is 5.32 Å². The minimum Gasteiger partial charge on any atom is -0.311 e. The summed E-state index contributed by atoms with van der Waals surface area (Å²) in [4.78, 5) is 0. The molecule has 1 N–H and O–H groups in total. The molecule has 0 aliphatic carbocycles. The van der Waals surface area contributed by atoms with Gasteiger partial charge in [-0.15, -0.1) is 0 Å². The Morgan fingerprint density at radius 2 is 1.78 bits per heavy atom. The topological polar surface area (TPSA) is 35.8 Å². The number of nitriles is 1. The molecule has 0 fully saturated rings. The summed E-state index contributed by atoms with van der Waals surface area (Å²) in [5, 5.41) is 12.2. The maximum atomic E-state index is 8.85. The standard InChI is InChI=1S/C16H24N2/c1-4-14(10-17)11-18-12-16-7-5-15(6-8-16)9-13(2)3/h5-8,13-14,18H,4,9,11-12H2,1-3H3. The number of nitrogens with one attached hydrogen (secondary N) is 1. The first-order valence-corrected chi connectivity index (χ1v) is 6.83. The van der Waals surface area contributed by atoms with Gasteiger partial charge in [0.1, 0.15) is 0 Å². The summed E-state index contributed by atoms with van der Waals surface area (Å²) < 4.78 is 0. The smallest absolute Gasteiger partial charge is 0.0669 e. The van der Waals surface area contributed by atoms with Gasteiger partial charge in [0, 0.05) is 13.1 Å². The van der Waals surface area contributed by atoms with E-state index in [9.17, 15) is 0 Å². The fourth-order valence-corrected chi connectivity index (χ4v) is 1.94. The van der Waals surface area contributed by atoms with Crippen LogP contribution >= 0.6 is 0 Å². The Kier molecular flexibility index (Phi) is 6.46. The van der Waals surface area contributed by atoms with Crippen molar-refractivity contribution in [2.24, 2.45) is 11.8 Å². The molecule has 98 valence electrons. The van der Waals surface area contributed by atoms with E-state index < -0.39 is 0 Å². The molecule has 0 radical (unpaired) electrons. The molecule has 18 heavy (non-hydrogen) atoms. The number of hydrogen-bond donors (Lipinski definition) is 1. The lowest BCUT2D eigenvalue weighted by Crippen LogP contribution is -2.21. The Morgan fingerprint density at radius 3 is 2.28 bits per heavy atom. The van der Waals surface area contributed by atoms with Crippen molar-refractivity contribution in [1.29, 1.82) is 5.26 Å². The second-order valence-corrected chi connectivity index (χ2v) is 5.28. The maximum absolute atomic E-state index is 8.85. The summed E-state index contributed by atoms with van der Waals surface area (Å²) in [7, 11) is 0. The SMILES string of the molecule is CCC(C#N)CNCc1ccc(CC(C)C)cc1. The Labute approximate surface area is 111 Å². The van der Waals surface area contributed by atoms with Crippen LogP contribution in [0.4, 0.5) is 0 Å². The second-order valence-electron chi connectivity index (χ2n) is 5.28. The quantitative estimate of drug-likeness (QED) is 0.796. The lowest BCUT2D eigenvalue weighted by molar-refractivity contribution is 0.553. The van der Waals surface area contributed by atoms with E-state index in [1.54, 1.807) is 0 Å². The highest BCUT2D eigenvalue weighted by Gasteiger charge is 2.03. The molecule has 0 saturated carbocycles. The van der Waals surface area contributed by atoms with Gasteiger partial charge < -0.3 is 5.32 Å². The predicted molar refractivity (Wildman–Crippen MR) is 76.1 cm³/mol. The molecule has 1 atom stereocenters. The molecule has 0 heterocycles. The first-order chi connectivity index (χ1) is 8.65. The van der Waals surface area contributed by atoms with E-state index in [1.165, 1.54) is 11.1 Å². The van der Waals surface area contributed by atoms with Gasteiger partial charge in [0.05, 0.1) is 12.0 Å². The minimum absolute atomic E-state index is 0.130. The van der Waals surface area contributed by atoms with E-state index in [4.69, 9.17) is 5.26 Å². The normalized spacial score (nSPS) is 12.4. The molecule has 1 rings (SSSR count). The highest BCUT2D eigenvalue weighted by Crippen LogP contribution is 2.10. The summed E-state index contributed by atoms with van der Waals surface area (Å²) in [6.07, 6.45) is 2.05. The van der Waals surface area contributed by atoms with Crippen molar-refractivity contribution in [3.05, 3.63) is 35.4 Å². The van der Waals surface area contributed by atoms with Crippen LogP contribution in [0.25, 0.3) is 0 Å². The van der Waals surface area contributed by atoms with Crippen LogP contribution in [0.5, 0.6) is 0 Å². The van der Waals surface area contributed by atoms with Gasteiger partial charge in [-0.25, -0.2) is 0 Å². The van der Waals surface area contributed by atoms with Gasteiger partial charge in [-0.05, 0) is 29.9 Å². The van der Waals surface area contributed by atoms with Gasteiger partial charge >= 0.3 is 0 Å². The predicted octanol–water partition coefficient (Wildman–Crippen LogP) is 3.52. The maximum Gasteiger partial charge on any atom is 0.0669 e. The highest BCUT2D eigenvalue weighted by atomic mass is 14.9. The summed E-state index contributed by atoms with van der Waals surface area (Å²) in [5.74, 6) is 0.833. The average Bonchev–Trinajstić information content (AvgIpc) is 2.36. The third kappa shape index (κ3) is 5.33. The Balaban J connectivity index is 2.37. The van der Waals surface area contributed by atoms with Gasteiger partial charge in [0.25, 0.3) is 0 Å². The minimum atomic E-state index is 0.130. The number of nitrogens with zero attached hydrogens (tertiary/aromatic N) is 1. The molecule has 1 aromatic carbocycles. The summed E-state index contributed by atoms with van der Waals surface area (Å²) in [6.45, 7) is 8.15. The van der Waals surface area contributed by atoms with Gasteiger partial charge in [0.15, 0.2) is 0 Å². The van der Waals surface area contributed by atoms with E-state index in [1.807, 2.05) is 0 Å². The zero-order chi connectivity index (χ0) is 13.4. The van der Waals surface area contributed by atoms with Crippen molar-refractivity contribution in [2.75, 3.05) is 6.54 Å². The molecule has 0 amide bonds. The van der Waals surface area contributed by atoms with Crippen LogP contribution in [0.3, 0.4) is 0 Å². The number of benzene rings is 1. The first-order valence-electron chi connectivity index (χ1n) is 6.83. The second kappa shape index (κ2) is 7.89. The molecule has 2 nitrogen and oxygen atoms in total. The molecule has 0 aliphatic rings. The van der Waals surface area contributed by atoms with E-state index in [0.29, 0.717) is 5.92 Å². The fourth-order valence-electron chi connectivity index (χ4n) is 1.94. The molecule has 2 heteroatoms. The Hall–Kier alpha value is -1.33. The van der Waals surface area contributed by atoms with E-state index in [0.717, 1.165) is 25.9 Å². The van der Waals surface area contributed by atoms with E-state index in [-0.39, 0.29) is 5.92 Å². The Morgan fingerprint density at radius 1 is 1.17 bits per heavy atom. The molecular weight excluding hydrogens is 220 g/mol. The zero-order valence-electron chi connectivity index (χ0n) is 11.7. The molecule has 1 aromatic rings. The molecule has 0 aromatic heterocycles. The van der Waals surface area contributed by atoms with Crippen molar-refractivity contribution in [3.8, 4) is 6.07 Å². The number of rotatable bonds is 7.